The van der Waals surface area contributed by atoms with E-state index in [0.29, 0.717) is 0 Å². The maximum absolute atomic E-state index is 12.8. The first kappa shape index (κ1) is 55.2. The number of ether oxygens (including phenoxy) is 8. The highest BCUT2D eigenvalue weighted by Gasteiger charge is 2.44. The highest BCUT2D eigenvalue weighted by atomic mass is 32.2. The van der Waals surface area contributed by atoms with Crippen LogP contribution in [0.4, 0.5) is 9.59 Å². The number of hydrogen-bond acceptors (Lipinski definition) is 20. The largest absolute Gasteiger partial charge is 0.463 e. The van der Waals surface area contributed by atoms with Crippen LogP contribution in [0, 0.1) is 23.7 Å². The van der Waals surface area contributed by atoms with Gasteiger partial charge >= 0.3 is 48.0 Å². The van der Waals surface area contributed by atoms with Crippen LogP contribution < -0.4 is 10.6 Å². The van der Waals surface area contributed by atoms with Gasteiger partial charge in [0.05, 0.1) is 36.5 Å². The molecule has 23 heteroatoms. The van der Waals surface area contributed by atoms with Crippen molar-refractivity contribution in [3.63, 3.8) is 0 Å². The molecule has 0 aromatic heterocycles. The van der Waals surface area contributed by atoms with Gasteiger partial charge in [-0.1, -0.05) is 27.7 Å². The molecule has 0 saturated carbocycles. The molecular formula is C39H64N2O20S. The van der Waals surface area contributed by atoms with Gasteiger partial charge in [-0.3, -0.25) is 23.4 Å². The van der Waals surface area contributed by atoms with E-state index in [1.165, 1.54) is 13.8 Å². The van der Waals surface area contributed by atoms with Crippen molar-refractivity contribution in [2.75, 3.05) is 32.7 Å². The summed E-state index contributed by atoms with van der Waals surface area (Å²) in [6.07, 6.45) is -5.77. The number of esters is 6. The van der Waals surface area contributed by atoms with Crippen LogP contribution in [0.25, 0.3) is 0 Å². The maximum atomic E-state index is 12.8. The van der Waals surface area contributed by atoms with E-state index < -0.39 is 149 Å². The molecule has 2 rings (SSSR count). The van der Waals surface area contributed by atoms with Crippen LogP contribution in [0.2, 0.25) is 0 Å². The van der Waals surface area contributed by atoms with Gasteiger partial charge in [-0.05, 0) is 68.2 Å². The summed E-state index contributed by atoms with van der Waals surface area (Å²) in [6.45, 7) is 17.3. The fourth-order valence-corrected chi connectivity index (χ4v) is 5.69. The van der Waals surface area contributed by atoms with Gasteiger partial charge < -0.3 is 53.6 Å². The third-order valence-corrected chi connectivity index (χ3v) is 8.87. The van der Waals surface area contributed by atoms with E-state index in [1.807, 2.05) is 0 Å². The van der Waals surface area contributed by atoms with Crippen molar-refractivity contribution in [3.05, 3.63) is 0 Å². The Morgan fingerprint density at radius 3 is 1.34 bits per heavy atom. The Labute approximate surface area is 362 Å². The van der Waals surface area contributed by atoms with E-state index in [0.717, 1.165) is 6.26 Å². The van der Waals surface area contributed by atoms with Gasteiger partial charge in [0.15, 0.2) is 24.3 Å². The fourth-order valence-electron chi connectivity index (χ4n) is 5.30. The number of amides is 2. The van der Waals surface area contributed by atoms with Crippen LogP contribution in [0.1, 0.15) is 95.9 Å². The maximum Gasteiger partial charge on any atom is 0.408 e. The van der Waals surface area contributed by atoms with Crippen LogP contribution in [0.3, 0.4) is 0 Å². The smallest absolute Gasteiger partial charge is 0.408 e. The van der Waals surface area contributed by atoms with Crippen LogP contribution >= 0.6 is 0 Å². The monoisotopic (exact) mass is 912 g/mol. The molecule has 2 aliphatic heterocycles. The predicted octanol–water partition coefficient (Wildman–Crippen LogP) is 1.85. The molecule has 3 N–H and O–H groups in total. The summed E-state index contributed by atoms with van der Waals surface area (Å²) in [6, 6.07) is -2.68. The van der Waals surface area contributed by atoms with Gasteiger partial charge in [-0.25, -0.2) is 19.2 Å². The molecule has 0 aromatic carbocycles. The molecule has 0 bridgehead atoms. The number of aliphatic hydroxyl groups excluding tert-OH is 1. The molecule has 0 radical (unpaired) electrons. The highest BCUT2D eigenvalue weighted by molar-refractivity contribution is 7.85. The number of cyclic esters (lactones) is 4. The summed E-state index contributed by atoms with van der Waals surface area (Å²) < 4.78 is 69.3. The summed E-state index contributed by atoms with van der Waals surface area (Å²) in [5.41, 5.74) is -1.63. The number of carbonyl (C=O) groups is 8. The molecule has 356 valence electrons. The van der Waals surface area contributed by atoms with Crippen molar-refractivity contribution in [1.29, 1.82) is 0 Å². The van der Waals surface area contributed by atoms with E-state index in [-0.39, 0.29) is 19.4 Å². The average Bonchev–Trinajstić information content (AvgIpc) is 3.16. The van der Waals surface area contributed by atoms with Gasteiger partial charge in [-0.15, -0.1) is 0 Å². The molecule has 0 unspecified atom stereocenters. The Kier molecular flexibility index (Phi) is 21.5. The first-order valence-corrected chi connectivity index (χ1v) is 21.8. The molecule has 22 nitrogen and oxygen atoms in total. The second-order valence-electron chi connectivity index (χ2n) is 17.1. The van der Waals surface area contributed by atoms with Crippen molar-refractivity contribution in [2.45, 2.75) is 144 Å². The summed E-state index contributed by atoms with van der Waals surface area (Å²) in [4.78, 5) is 98.9. The summed E-state index contributed by atoms with van der Waals surface area (Å²) in [5.74, 6) is -7.96. The first-order chi connectivity index (χ1) is 28.3. The lowest BCUT2D eigenvalue weighted by Gasteiger charge is -2.29. The second-order valence-corrected chi connectivity index (χ2v) is 18.7. The third kappa shape index (κ3) is 20.4. The molecule has 2 amide bonds. The van der Waals surface area contributed by atoms with Gasteiger partial charge in [0.25, 0.3) is 10.1 Å². The first-order valence-electron chi connectivity index (χ1n) is 19.9. The quantitative estimate of drug-likeness (QED) is 0.143. The number of nitrogens with one attached hydrogen (secondary N) is 2. The minimum absolute atomic E-state index is 0.0546. The molecule has 2 heterocycles. The van der Waals surface area contributed by atoms with Crippen LogP contribution in [0.15, 0.2) is 0 Å². The molecule has 2 saturated heterocycles. The standard InChI is InChI=1S/C20H33NO11S.C19H31NO9/c1-11(2)16(22)31-15-12(3)30-18(24)14(21-19(25)32-20(4,5)6)10-28-17(23)13(15)8-9-29-33(7,26)27;1-10(2)15(22)28-14-11(3)27-17(24)13(20-18(25)29-19(4,5)6)9-26-16(23)12(14)7-8-21/h11-15H,8-10H2,1-7H3,(H,21,25);10-14,21H,7-9H2,1-6H3,(H,20,25)/t12-,13+,14-,15-;11-,12+,13-,14-/m00/s1. The predicted molar refractivity (Wildman–Crippen MR) is 213 cm³/mol. The van der Waals surface area contributed by atoms with Gasteiger partial charge in [0, 0.05) is 6.61 Å². The van der Waals surface area contributed by atoms with Crippen LogP contribution in [-0.4, -0.2) is 142 Å². The minimum atomic E-state index is -3.79. The molecule has 0 aromatic rings. The number of rotatable bonds is 12. The van der Waals surface area contributed by atoms with E-state index in [9.17, 15) is 51.9 Å². The van der Waals surface area contributed by atoms with Crippen molar-refractivity contribution < 1.29 is 94.0 Å². The highest BCUT2D eigenvalue weighted by Crippen LogP contribution is 2.26. The van der Waals surface area contributed by atoms with Crippen molar-refractivity contribution in [3.8, 4) is 0 Å². The number of carbonyl (C=O) groups excluding carboxylic acids is 8. The summed E-state index contributed by atoms with van der Waals surface area (Å²) >= 11 is 0. The topological polar surface area (TPSA) is 298 Å². The van der Waals surface area contributed by atoms with E-state index in [2.05, 4.69) is 10.6 Å². The number of aliphatic hydroxyl groups is 1. The zero-order chi connectivity index (χ0) is 47.9. The molecule has 0 aliphatic carbocycles. The van der Waals surface area contributed by atoms with Gasteiger partial charge in [0.2, 0.25) is 0 Å². The van der Waals surface area contributed by atoms with Crippen LogP contribution in [0.5, 0.6) is 0 Å². The molecular weight excluding hydrogens is 848 g/mol. The Balaban J connectivity index is 0.000000625. The second kappa shape index (κ2) is 24.2. The lowest BCUT2D eigenvalue weighted by molar-refractivity contribution is -0.177. The molecule has 0 spiro atoms. The third-order valence-electron chi connectivity index (χ3n) is 8.28. The minimum Gasteiger partial charge on any atom is -0.463 e. The summed E-state index contributed by atoms with van der Waals surface area (Å²) in [7, 11) is -3.79. The average molecular weight is 913 g/mol. The van der Waals surface area contributed by atoms with Gasteiger partial charge in [-0.2, -0.15) is 8.42 Å². The summed E-state index contributed by atoms with van der Waals surface area (Å²) in [5, 5.41) is 13.9. The lowest BCUT2D eigenvalue weighted by atomic mass is 9.95. The normalized spacial score (nSPS) is 25.2. The molecule has 2 aliphatic rings. The van der Waals surface area contributed by atoms with Gasteiger partial charge in [0.1, 0.15) is 36.6 Å². The Morgan fingerprint density at radius 2 is 1.03 bits per heavy atom. The SMILES string of the molecule is CC(C)C(=O)O[C@H]1[C@H](C)OC(=O)[C@@H](NC(=O)OC(C)(C)C)COC(=O)[C@@H]1CCO.CC(C)C(=O)O[C@H]1[C@H](C)OC(=O)[C@@H](NC(=O)OC(C)(C)C)COC(=O)[C@@H]1CCOS(C)(=O)=O. The molecule has 2 fully saturated rings. The molecule has 8 atom stereocenters. The fraction of sp³-hybridized carbons (Fsp3) is 0.795. The Morgan fingerprint density at radius 1 is 0.677 bits per heavy atom. The molecule has 62 heavy (non-hydrogen) atoms. The Hall–Kier alpha value is -4.77. The van der Waals surface area contributed by atoms with Crippen molar-refractivity contribution >= 4 is 58.1 Å². The lowest BCUT2D eigenvalue weighted by Crippen LogP contribution is -2.48. The number of alkyl carbamates (subject to hydrolysis) is 2. The van der Waals surface area contributed by atoms with Crippen molar-refractivity contribution in [2.24, 2.45) is 23.7 Å². The number of hydrogen-bond donors (Lipinski definition) is 3. The van der Waals surface area contributed by atoms with E-state index in [4.69, 9.17) is 42.1 Å². The Bertz CT molecular complexity index is 1680. The van der Waals surface area contributed by atoms with E-state index in [1.54, 1.807) is 69.2 Å². The van der Waals surface area contributed by atoms with Crippen LogP contribution in [-0.2, 0) is 81.0 Å². The zero-order valence-electron chi connectivity index (χ0n) is 37.6. The zero-order valence-corrected chi connectivity index (χ0v) is 38.4. The van der Waals surface area contributed by atoms with Crippen molar-refractivity contribution in [1.82, 2.24) is 10.6 Å². The van der Waals surface area contributed by atoms with E-state index >= 15 is 0 Å².